The third-order valence-electron chi connectivity index (χ3n) is 2.55. The summed E-state index contributed by atoms with van der Waals surface area (Å²) in [6, 6.07) is 1.72. The summed E-state index contributed by atoms with van der Waals surface area (Å²) >= 11 is 1.33. The summed E-state index contributed by atoms with van der Waals surface area (Å²) in [6.45, 7) is 0.0328. The van der Waals surface area contributed by atoms with E-state index in [0.29, 0.717) is 10.2 Å². The number of alkyl halides is 3. The molecule has 0 unspecified atom stereocenters. The first-order valence-electron chi connectivity index (χ1n) is 5.76. The van der Waals surface area contributed by atoms with Gasteiger partial charge in [0.1, 0.15) is 17.2 Å². The van der Waals surface area contributed by atoms with E-state index in [0.717, 1.165) is 9.78 Å². The molecule has 3 N–H and O–H groups in total. The van der Waals surface area contributed by atoms with Crippen LogP contribution < -0.4 is 10.6 Å². The van der Waals surface area contributed by atoms with Gasteiger partial charge in [-0.05, 0) is 13.0 Å². The molecule has 0 saturated carbocycles. The quantitative estimate of drug-likeness (QED) is 0.903. The highest BCUT2D eigenvalue weighted by molar-refractivity contribution is 7.18. The van der Waals surface area contributed by atoms with E-state index in [-0.39, 0.29) is 18.3 Å². The average Bonchev–Trinajstić information content (AvgIpc) is 2.65. The number of aliphatic hydroxyl groups excluding tert-OH is 1. The first-order chi connectivity index (χ1) is 9.30. The third kappa shape index (κ3) is 3.28. The largest absolute Gasteiger partial charge is 0.405 e. The Kier molecular flexibility index (Phi) is 4.00. The van der Waals surface area contributed by atoms with Crippen LogP contribution in [0.4, 0.5) is 24.9 Å². The van der Waals surface area contributed by atoms with Gasteiger partial charge < -0.3 is 15.7 Å². The Bertz CT molecular complexity index is 613. The minimum absolute atomic E-state index is 0.0838. The lowest BCUT2D eigenvalue weighted by atomic mass is 10.3. The zero-order chi connectivity index (χ0) is 14.9. The Morgan fingerprint density at radius 3 is 2.70 bits per heavy atom. The van der Waals surface area contributed by atoms with Crippen molar-refractivity contribution < 1.29 is 18.3 Å². The molecule has 2 aromatic heterocycles. The van der Waals surface area contributed by atoms with Crippen LogP contribution >= 0.6 is 11.3 Å². The van der Waals surface area contributed by atoms with Gasteiger partial charge in [0, 0.05) is 11.4 Å². The molecule has 20 heavy (non-hydrogen) atoms. The van der Waals surface area contributed by atoms with E-state index in [1.165, 1.54) is 11.3 Å². The molecular formula is C11H13F3N4OS. The standard InChI is InChI=1S/C11H13F3N4OS/c1-6-4-7-8(16-10(15)17-9(7)20-6)18(2-3-19)5-11(12,13)14/h4,19H,2-3,5H2,1H3,(H2,15,16,17). The lowest BCUT2D eigenvalue weighted by molar-refractivity contribution is -0.119. The Morgan fingerprint density at radius 1 is 1.40 bits per heavy atom. The highest BCUT2D eigenvalue weighted by atomic mass is 32.1. The second-order valence-electron chi connectivity index (χ2n) is 4.24. The summed E-state index contributed by atoms with van der Waals surface area (Å²) in [4.78, 5) is 10.3. The number of rotatable bonds is 4. The number of halogens is 3. The molecule has 0 aliphatic rings. The molecule has 0 radical (unpaired) electrons. The molecule has 2 heterocycles. The summed E-state index contributed by atoms with van der Waals surface area (Å²) in [7, 11) is 0. The van der Waals surface area contributed by atoms with Crippen molar-refractivity contribution in [2.24, 2.45) is 0 Å². The number of nitrogen functional groups attached to an aromatic ring is 1. The Morgan fingerprint density at radius 2 is 2.10 bits per heavy atom. The molecule has 0 saturated heterocycles. The SMILES string of the molecule is Cc1cc2c(N(CCO)CC(F)(F)F)nc(N)nc2s1. The summed E-state index contributed by atoms with van der Waals surface area (Å²) in [5.74, 6) is 0.0164. The monoisotopic (exact) mass is 306 g/mol. The Balaban J connectivity index is 2.51. The average molecular weight is 306 g/mol. The highest BCUT2D eigenvalue weighted by Gasteiger charge is 2.32. The van der Waals surface area contributed by atoms with Gasteiger partial charge in [0.15, 0.2) is 0 Å². The first kappa shape index (κ1) is 14.8. The normalized spacial score (nSPS) is 12.1. The van der Waals surface area contributed by atoms with Crippen molar-refractivity contribution in [2.75, 3.05) is 30.3 Å². The molecule has 9 heteroatoms. The summed E-state index contributed by atoms with van der Waals surface area (Å²) in [5.41, 5.74) is 5.55. The van der Waals surface area contributed by atoms with Crippen LogP contribution in [0.5, 0.6) is 0 Å². The van der Waals surface area contributed by atoms with Crippen molar-refractivity contribution in [1.82, 2.24) is 9.97 Å². The van der Waals surface area contributed by atoms with Crippen LogP contribution in [0, 0.1) is 6.92 Å². The fourth-order valence-electron chi connectivity index (χ4n) is 1.88. The maximum absolute atomic E-state index is 12.6. The number of thiophene rings is 1. The van der Waals surface area contributed by atoms with E-state index >= 15 is 0 Å². The molecule has 0 atom stereocenters. The van der Waals surface area contributed by atoms with Crippen LogP contribution in [0.15, 0.2) is 6.07 Å². The van der Waals surface area contributed by atoms with Gasteiger partial charge in [-0.3, -0.25) is 0 Å². The predicted octanol–water partition coefficient (Wildman–Crippen LogP) is 1.94. The van der Waals surface area contributed by atoms with E-state index in [2.05, 4.69) is 9.97 Å². The van der Waals surface area contributed by atoms with Gasteiger partial charge in [-0.1, -0.05) is 0 Å². The number of aromatic nitrogens is 2. The van der Waals surface area contributed by atoms with Gasteiger partial charge in [0.25, 0.3) is 0 Å². The van der Waals surface area contributed by atoms with Crippen LogP contribution in [0.2, 0.25) is 0 Å². The zero-order valence-electron chi connectivity index (χ0n) is 10.6. The molecule has 0 aromatic carbocycles. The van der Waals surface area contributed by atoms with Crippen molar-refractivity contribution >= 4 is 33.3 Å². The van der Waals surface area contributed by atoms with Gasteiger partial charge in [-0.15, -0.1) is 11.3 Å². The van der Waals surface area contributed by atoms with Gasteiger partial charge in [0.05, 0.1) is 12.0 Å². The van der Waals surface area contributed by atoms with Crippen molar-refractivity contribution in [1.29, 1.82) is 0 Å². The summed E-state index contributed by atoms with van der Waals surface area (Å²) in [5, 5.41) is 9.47. The highest BCUT2D eigenvalue weighted by Crippen LogP contribution is 2.32. The van der Waals surface area contributed by atoms with Crippen molar-refractivity contribution in [3.8, 4) is 0 Å². The second-order valence-corrected chi connectivity index (χ2v) is 5.48. The van der Waals surface area contributed by atoms with Crippen LogP contribution in [0.1, 0.15) is 4.88 Å². The van der Waals surface area contributed by atoms with Crippen LogP contribution in [-0.2, 0) is 0 Å². The second kappa shape index (κ2) is 5.41. The predicted molar refractivity (Wildman–Crippen MR) is 71.9 cm³/mol. The number of nitrogens with zero attached hydrogens (tertiary/aromatic N) is 3. The van der Waals surface area contributed by atoms with Gasteiger partial charge >= 0.3 is 6.18 Å². The number of nitrogens with two attached hydrogens (primary N) is 1. The molecule has 0 fully saturated rings. The first-order valence-corrected chi connectivity index (χ1v) is 6.58. The van der Waals surface area contributed by atoms with E-state index < -0.39 is 19.3 Å². The molecule has 2 aromatic rings. The number of aliphatic hydroxyl groups is 1. The van der Waals surface area contributed by atoms with Crippen LogP contribution in [0.25, 0.3) is 10.2 Å². The smallest absolute Gasteiger partial charge is 0.395 e. The lowest BCUT2D eigenvalue weighted by Crippen LogP contribution is -2.37. The number of hydrogen-bond acceptors (Lipinski definition) is 6. The zero-order valence-corrected chi connectivity index (χ0v) is 11.4. The van der Waals surface area contributed by atoms with E-state index in [4.69, 9.17) is 10.8 Å². The van der Waals surface area contributed by atoms with E-state index in [1.807, 2.05) is 6.92 Å². The van der Waals surface area contributed by atoms with Gasteiger partial charge in [0.2, 0.25) is 5.95 Å². The van der Waals surface area contributed by atoms with E-state index in [9.17, 15) is 13.2 Å². The van der Waals surface area contributed by atoms with Crippen molar-refractivity contribution in [3.63, 3.8) is 0 Å². The Labute approximate surface area is 116 Å². The number of fused-ring (bicyclic) bond motifs is 1. The van der Waals surface area contributed by atoms with Crippen molar-refractivity contribution in [2.45, 2.75) is 13.1 Å². The van der Waals surface area contributed by atoms with Gasteiger partial charge in [-0.2, -0.15) is 18.2 Å². The maximum atomic E-state index is 12.6. The Hall–Kier alpha value is -1.61. The molecule has 0 aliphatic heterocycles. The summed E-state index contributed by atoms with van der Waals surface area (Å²) in [6.07, 6.45) is -4.40. The molecule has 0 bridgehead atoms. The topological polar surface area (TPSA) is 75.3 Å². The van der Waals surface area contributed by atoms with Crippen LogP contribution in [-0.4, -0.2) is 40.9 Å². The molecule has 110 valence electrons. The minimum atomic E-state index is -4.40. The molecule has 0 amide bonds. The molecular weight excluding hydrogens is 293 g/mol. The maximum Gasteiger partial charge on any atom is 0.405 e. The molecule has 5 nitrogen and oxygen atoms in total. The third-order valence-corrected chi connectivity index (χ3v) is 3.50. The fourth-order valence-corrected chi connectivity index (χ4v) is 2.76. The summed E-state index contributed by atoms with van der Waals surface area (Å²) < 4.78 is 37.9. The molecule has 2 rings (SSSR count). The van der Waals surface area contributed by atoms with Gasteiger partial charge in [-0.25, -0.2) is 4.98 Å². The minimum Gasteiger partial charge on any atom is -0.395 e. The lowest BCUT2D eigenvalue weighted by Gasteiger charge is -2.24. The number of anilines is 2. The van der Waals surface area contributed by atoms with Crippen molar-refractivity contribution in [3.05, 3.63) is 10.9 Å². The fraction of sp³-hybridized carbons (Fsp3) is 0.455. The van der Waals surface area contributed by atoms with E-state index in [1.54, 1.807) is 6.07 Å². The number of hydrogen-bond donors (Lipinski definition) is 2. The number of aryl methyl sites for hydroxylation is 1. The van der Waals surface area contributed by atoms with Crippen LogP contribution in [0.3, 0.4) is 0 Å². The molecule has 0 aliphatic carbocycles. The molecule has 0 spiro atoms.